The Balaban J connectivity index is 0.815. The number of hydrogen-bond acceptors (Lipinski definition) is 2. The van der Waals surface area contributed by atoms with E-state index in [4.69, 9.17) is 9.97 Å². The van der Waals surface area contributed by atoms with Crippen molar-refractivity contribution < 1.29 is 0 Å². The van der Waals surface area contributed by atoms with Gasteiger partial charge in [-0.05, 0) is 150 Å². The number of imidazole rings is 2. The van der Waals surface area contributed by atoms with E-state index in [0.717, 1.165) is 62.6 Å². The molecule has 0 N–H and O–H groups in total. The molecule has 4 aliphatic rings. The minimum atomic E-state index is -0.579. The van der Waals surface area contributed by atoms with E-state index in [1.165, 1.54) is 94.6 Å². The lowest BCUT2D eigenvalue weighted by atomic mass is 9.54. The molecule has 0 saturated heterocycles. The SMILES string of the molecule is CC1(C)c2ccccc2C2(c3ccccc3-c3cc(-c4nc5cccc(CC6(C)c7ccccc7C7(c8ccccc8-c8cc(-n9c(-c%10ccccc%10)nc%10ccccc%109)ccc87)c7ccccc76)c5n4-c4ccccc4)ccc32)c2ccccc21. The average molecular weight is 1100 g/mol. The Labute approximate surface area is 501 Å². The molecule has 2 aromatic heterocycles. The lowest BCUT2D eigenvalue weighted by Crippen LogP contribution is -2.43. The summed E-state index contributed by atoms with van der Waals surface area (Å²) in [6, 6.07) is 107. The van der Waals surface area contributed by atoms with Crippen LogP contribution in [0.1, 0.15) is 93.1 Å². The van der Waals surface area contributed by atoms with Gasteiger partial charge in [-0.25, -0.2) is 9.97 Å². The second-order valence-corrected chi connectivity index (χ2v) is 24.9. The van der Waals surface area contributed by atoms with Crippen LogP contribution in [0.2, 0.25) is 0 Å². The molecule has 2 heterocycles. The van der Waals surface area contributed by atoms with E-state index in [9.17, 15) is 0 Å². The van der Waals surface area contributed by atoms with E-state index in [0.29, 0.717) is 0 Å². The van der Waals surface area contributed by atoms with Crippen molar-refractivity contribution in [2.45, 2.75) is 48.9 Å². The van der Waals surface area contributed by atoms with Gasteiger partial charge in [0.15, 0.2) is 0 Å². The molecule has 0 unspecified atom stereocenters. The Kier molecular flexibility index (Phi) is 10.2. The molecule has 0 fully saturated rings. The molecule has 2 spiro atoms. The van der Waals surface area contributed by atoms with Gasteiger partial charge in [0.1, 0.15) is 11.6 Å². The number of nitrogens with zero attached hydrogens (tertiary/aromatic N) is 4. The van der Waals surface area contributed by atoms with E-state index >= 15 is 0 Å². The molecular weight excluding hydrogens is 1040 g/mol. The predicted molar refractivity (Wildman–Crippen MR) is 350 cm³/mol. The molecule has 0 aliphatic heterocycles. The first-order valence-corrected chi connectivity index (χ1v) is 30.3. The highest BCUT2D eigenvalue weighted by Gasteiger charge is 2.56. The quantitative estimate of drug-likeness (QED) is 0.166. The van der Waals surface area contributed by atoms with Gasteiger partial charge in [0.2, 0.25) is 0 Å². The Hall–Kier alpha value is -10.4. The summed E-state index contributed by atoms with van der Waals surface area (Å²) in [5, 5.41) is 0. The summed E-state index contributed by atoms with van der Waals surface area (Å²) in [7, 11) is 0. The van der Waals surface area contributed by atoms with Crippen molar-refractivity contribution in [3.05, 3.63) is 357 Å². The first-order chi connectivity index (χ1) is 42.3. The average Bonchev–Trinajstić information content (AvgIpc) is 1.55. The number of rotatable bonds is 6. The lowest BCUT2D eigenvalue weighted by Gasteiger charge is -2.48. The van der Waals surface area contributed by atoms with Crippen molar-refractivity contribution in [2.24, 2.45) is 0 Å². The fourth-order valence-corrected chi connectivity index (χ4v) is 16.9. The van der Waals surface area contributed by atoms with Crippen molar-refractivity contribution >= 4 is 22.1 Å². The van der Waals surface area contributed by atoms with Crippen LogP contribution in [0.4, 0.5) is 0 Å². The molecule has 0 amide bonds. The van der Waals surface area contributed by atoms with Crippen molar-refractivity contribution in [1.29, 1.82) is 0 Å². The molecule has 406 valence electrons. The summed E-state index contributed by atoms with van der Waals surface area (Å²) in [6.07, 6.45) is 0.741. The van der Waals surface area contributed by atoms with Gasteiger partial charge in [0.05, 0.1) is 32.9 Å². The Morgan fingerprint density at radius 3 is 1.36 bits per heavy atom. The molecule has 4 aliphatic carbocycles. The topological polar surface area (TPSA) is 35.6 Å². The summed E-state index contributed by atoms with van der Waals surface area (Å²) < 4.78 is 4.80. The van der Waals surface area contributed by atoms with Gasteiger partial charge in [-0.3, -0.25) is 9.13 Å². The minimum absolute atomic E-state index is 0.168. The summed E-state index contributed by atoms with van der Waals surface area (Å²) in [5.41, 5.74) is 29.2. The highest BCUT2D eigenvalue weighted by atomic mass is 15.1. The molecule has 4 heteroatoms. The number of aromatic nitrogens is 4. The van der Waals surface area contributed by atoms with Gasteiger partial charge in [0.25, 0.3) is 0 Å². The van der Waals surface area contributed by atoms with Crippen molar-refractivity contribution in [2.75, 3.05) is 0 Å². The fraction of sp³-hybridized carbons (Fsp3) is 0.0976. The van der Waals surface area contributed by atoms with Gasteiger partial charge in [-0.15, -0.1) is 0 Å². The fourth-order valence-electron chi connectivity index (χ4n) is 16.9. The summed E-state index contributed by atoms with van der Waals surface area (Å²) in [6.45, 7) is 7.28. The van der Waals surface area contributed by atoms with Crippen LogP contribution < -0.4 is 0 Å². The number of para-hydroxylation sites is 4. The molecule has 86 heavy (non-hydrogen) atoms. The predicted octanol–water partition coefficient (Wildman–Crippen LogP) is 18.9. The third-order valence-corrected chi connectivity index (χ3v) is 20.4. The van der Waals surface area contributed by atoms with E-state index in [-0.39, 0.29) is 5.41 Å². The van der Waals surface area contributed by atoms with Crippen molar-refractivity contribution in [1.82, 2.24) is 19.1 Å². The molecule has 0 atom stereocenters. The highest BCUT2D eigenvalue weighted by molar-refractivity contribution is 5.94. The molecule has 0 radical (unpaired) electrons. The Bertz CT molecular complexity index is 5050. The smallest absolute Gasteiger partial charge is 0.145 e. The van der Waals surface area contributed by atoms with Crippen LogP contribution in [0.5, 0.6) is 0 Å². The van der Waals surface area contributed by atoms with E-state index < -0.39 is 16.2 Å². The molecule has 0 saturated carbocycles. The van der Waals surface area contributed by atoms with E-state index in [2.05, 4.69) is 315 Å². The van der Waals surface area contributed by atoms with Gasteiger partial charge < -0.3 is 0 Å². The van der Waals surface area contributed by atoms with E-state index in [1.54, 1.807) is 0 Å². The van der Waals surface area contributed by atoms with Crippen LogP contribution >= 0.6 is 0 Å². The van der Waals surface area contributed by atoms with Crippen molar-refractivity contribution in [3.8, 4) is 56.4 Å². The van der Waals surface area contributed by atoms with Crippen LogP contribution in [0.25, 0.3) is 78.5 Å². The summed E-state index contributed by atoms with van der Waals surface area (Å²) in [4.78, 5) is 11.0. The highest BCUT2D eigenvalue weighted by Crippen LogP contribution is 2.65. The van der Waals surface area contributed by atoms with E-state index in [1.807, 2.05) is 0 Å². The van der Waals surface area contributed by atoms with Crippen LogP contribution in [0.3, 0.4) is 0 Å². The number of fused-ring (bicyclic) bond motifs is 20. The molecule has 12 aromatic carbocycles. The monoisotopic (exact) mass is 1100 g/mol. The number of hydrogen-bond donors (Lipinski definition) is 0. The van der Waals surface area contributed by atoms with Crippen LogP contribution in [-0.4, -0.2) is 19.1 Å². The zero-order valence-corrected chi connectivity index (χ0v) is 48.1. The normalized spacial score (nSPS) is 16.5. The minimum Gasteiger partial charge on any atom is -0.292 e. The first kappa shape index (κ1) is 49.0. The molecular formula is C82H58N4. The standard InChI is InChI=1S/C82H58N4/c1-79(2)65-34-14-18-38-69(65)81(70-39-19-15-35-66(70)79)61-32-12-10-30-57(61)59-49-53(45-47-63(59)81)78-84-74-43-24-27-54(76(74)86(78)55-28-8-5-9-29-55)51-80(3)67-36-16-20-40-71(67)82(72-41-21-17-37-68(72)80)62-33-13-11-31-58(62)60-50-56(46-48-64(60)82)85-75-44-23-22-42-73(75)83-77(85)52-25-6-4-7-26-52/h4-50H,51H2,1-3H3. The number of benzene rings is 12. The van der Waals surface area contributed by atoms with Crippen LogP contribution in [-0.2, 0) is 28.1 Å². The van der Waals surface area contributed by atoms with Gasteiger partial charge in [-0.2, -0.15) is 0 Å². The van der Waals surface area contributed by atoms with Crippen molar-refractivity contribution in [3.63, 3.8) is 0 Å². The summed E-state index contributed by atoms with van der Waals surface area (Å²) >= 11 is 0. The Morgan fingerprint density at radius 2 is 0.744 bits per heavy atom. The van der Waals surface area contributed by atoms with Crippen LogP contribution in [0.15, 0.2) is 285 Å². The lowest BCUT2D eigenvalue weighted by molar-refractivity contribution is 0.515. The van der Waals surface area contributed by atoms with Gasteiger partial charge in [0, 0.05) is 33.3 Å². The third kappa shape index (κ3) is 6.32. The molecule has 4 nitrogen and oxygen atoms in total. The Morgan fingerprint density at radius 1 is 0.302 bits per heavy atom. The molecule has 14 aromatic rings. The molecule has 18 rings (SSSR count). The zero-order valence-electron chi connectivity index (χ0n) is 48.1. The summed E-state index contributed by atoms with van der Waals surface area (Å²) in [5.74, 6) is 1.86. The maximum atomic E-state index is 5.73. The largest absolute Gasteiger partial charge is 0.292 e. The van der Waals surface area contributed by atoms with Gasteiger partial charge in [-0.1, -0.05) is 257 Å². The second kappa shape index (κ2) is 17.8. The third-order valence-electron chi connectivity index (χ3n) is 20.4. The second-order valence-electron chi connectivity index (χ2n) is 24.9. The molecule has 0 bridgehead atoms. The van der Waals surface area contributed by atoms with Crippen LogP contribution in [0, 0.1) is 0 Å². The maximum absolute atomic E-state index is 5.73. The van der Waals surface area contributed by atoms with Gasteiger partial charge >= 0.3 is 0 Å². The first-order valence-electron chi connectivity index (χ1n) is 30.3. The maximum Gasteiger partial charge on any atom is 0.145 e. The zero-order chi connectivity index (χ0) is 57.1.